The van der Waals surface area contributed by atoms with E-state index in [-0.39, 0.29) is 5.91 Å². The summed E-state index contributed by atoms with van der Waals surface area (Å²) in [5.41, 5.74) is 0.697. The summed E-state index contributed by atoms with van der Waals surface area (Å²) < 4.78 is 2.64. The highest BCUT2D eigenvalue weighted by atomic mass is 35.5. The van der Waals surface area contributed by atoms with Gasteiger partial charge in [-0.05, 0) is 19.4 Å². The number of carbonyl (C=O) groups is 1. The molecule has 1 aromatic carbocycles. The third-order valence-corrected chi connectivity index (χ3v) is 6.18. The smallest absolute Gasteiger partial charge is 0.262 e. The van der Waals surface area contributed by atoms with Gasteiger partial charge in [0, 0.05) is 23.2 Å². The van der Waals surface area contributed by atoms with E-state index in [1.165, 1.54) is 11.3 Å². The van der Waals surface area contributed by atoms with Crippen LogP contribution in [-0.2, 0) is 6.54 Å². The first-order valence-electron chi connectivity index (χ1n) is 7.32. The van der Waals surface area contributed by atoms with Gasteiger partial charge in [-0.3, -0.25) is 9.48 Å². The number of nitrogens with zero attached hydrogens (tertiary/aromatic N) is 2. The lowest BCUT2D eigenvalue weighted by molar-refractivity contribution is 0.0957. The molecule has 3 rings (SSSR count). The lowest BCUT2D eigenvalue weighted by Crippen LogP contribution is -2.24. The number of hydrogen-bond donors (Lipinski definition) is 1. The van der Waals surface area contributed by atoms with Crippen molar-refractivity contribution in [2.75, 3.05) is 6.54 Å². The number of rotatable bonds is 5. The summed E-state index contributed by atoms with van der Waals surface area (Å²) in [5.74, 6) is -0.165. The summed E-state index contributed by atoms with van der Waals surface area (Å²) in [7, 11) is 0. The maximum Gasteiger partial charge on any atom is 0.262 e. The monoisotopic (exact) mass is 401 g/mol. The number of halogens is 3. The van der Waals surface area contributed by atoms with Crippen molar-refractivity contribution in [2.24, 2.45) is 0 Å². The molecule has 0 aliphatic rings. The molecule has 126 valence electrons. The molecule has 8 heteroatoms. The number of fused-ring (bicyclic) bond motifs is 1. The van der Waals surface area contributed by atoms with E-state index in [2.05, 4.69) is 10.4 Å². The molecule has 0 saturated carbocycles. The van der Waals surface area contributed by atoms with Crippen LogP contribution in [0.4, 0.5) is 0 Å². The van der Waals surface area contributed by atoms with E-state index in [0.29, 0.717) is 45.3 Å². The van der Waals surface area contributed by atoms with Gasteiger partial charge in [0.25, 0.3) is 5.91 Å². The Morgan fingerprint density at radius 3 is 2.67 bits per heavy atom. The van der Waals surface area contributed by atoms with Crippen LogP contribution in [0.15, 0.2) is 24.3 Å². The Kier molecular flexibility index (Phi) is 5.35. The van der Waals surface area contributed by atoms with Gasteiger partial charge in [-0.2, -0.15) is 5.10 Å². The molecule has 1 N–H and O–H groups in total. The van der Waals surface area contributed by atoms with E-state index >= 15 is 0 Å². The van der Waals surface area contributed by atoms with Crippen molar-refractivity contribution in [1.82, 2.24) is 15.1 Å². The molecular formula is C16H14Cl3N3OS. The van der Waals surface area contributed by atoms with E-state index in [1.807, 2.05) is 24.3 Å². The lowest BCUT2D eigenvalue weighted by Gasteiger charge is -2.05. The topological polar surface area (TPSA) is 46.9 Å². The second kappa shape index (κ2) is 7.31. The Morgan fingerprint density at radius 1 is 1.25 bits per heavy atom. The number of nitrogens with one attached hydrogen (secondary N) is 1. The Morgan fingerprint density at radius 2 is 2.00 bits per heavy atom. The van der Waals surface area contributed by atoms with Crippen LogP contribution in [0, 0.1) is 6.92 Å². The molecule has 0 bridgehead atoms. The molecule has 0 aliphatic carbocycles. The molecule has 2 heterocycles. The second-order valence-corrected chi connectivity index (χ2v) is 7.43. The van der Waals surface area contributed by atoms with E-state index in [1.54, 1.807) is 11.6 Å². The van der Waals surface area contributed by atoms with Crippen LogP contribution < -0.4 is 5.32 Å². The first-order chi connectivity index (χ1) is 11.5. The van der Waals surface area contributed by atoms with Crippen molar-refractivity contribution in [3.63, 3.8) is 0 Å². The molecule has 1 amide bonds. The highest BCUT2D eigenvalue weighted by Crippen LogP contribution is 2.34. The van der Waals surface area contributed by atoms with Gasteiger partial charge < -0.3 is 5.32 Å². The van der Waals surface area contributed by atoms with Crippen LogP contribution in [0.25, 0.3) is 10.1 Å². The Bertz CT molecular complexity index is 903. The van der Waals surface area contributed by atoms with E-state index in [9.17, 15) is 4.79 Å². The lowest BCUT2D eigenvalue weighted by atomic mass is 10.2. The number of thiophene rings is 1. The fourth-order valence-corrected chi connectivity index (χ4v) is 4.18. The standard InChI is InChI=1S/C16H14Cl3N3OS/c1-9-12(17)15(19)22(21-9)8-4-7-20-16(23)14-13(18)10-5-2-3-6-11(10)24-14/h2-3,5-6H,4,7-8H2,1H3,(H,20,23). The minimum absolute atomic E-state index is 0.165. The van der Waals surface area contributed by atoms with Gasteiger partial charge in [0.05, 0.1) is 10.7 Å². The molecule has 0 saturated heterocycles. The normalized spacial score (nSPS) is 11.2. The predicted octanol–water partition coefficient (Wildman–Crippen LogP) is 5.19. The fourth-order valence-electron chi connectivity index (χ4n) is 2.35. The average molecular weight is 403 g/mol. The summed E-state index contributed by atoms with van der Waals surface area (Å²) in [6, 6.07) is 7.70. The zero-order valence-corrected chi connectivity index (χ0v) is 15.9. The molecule has 2 aromatic heterocycles. The number of aryl methyl sites for hydroxylation is 2. The van der Waals surface area contributed by atoms with Crippen molar-refractivity contribution in [1.29, 1.82) is 0 Å². The van der Waals surface area contributed by atoms with Crippen molar-refractivity contribution < 1.29 is 4.79 Å². The third-order valence-electron chi connectivity index (χ3n) is 3.57. The quantitative estimate of drug-likeness (QED) is 0.597. The number of benzene rings is 1. The molecule has 4 nitrogen and oxygen atoms in total. The summed E-state index contributed by atoms with van der Waals surface area (Å²) in [5, 5.41) is 9.44. The average Bonchev–Trinajstić information content (AvgIpc) is 3.04. The van der Waals surface area contributed by atoms with Crippen molar-refractivity contribution in [3.8, 4) is 0 Å². The first-order valence-corrected chi connectivity index (χ1v) is 9.27. The molecule has 0 fully saturated rings. The van der Waals surface area contributed by atoms with E-state index < -0.39 is 0 Å². The van der Waals surface area contributed by atoms with Crippen LogP contribution in [0.5, 0.6) is 0 Å². The van der Waals surface area contributed by atoms with Crippen molar-refractivity contribution in [2.45, 2.75) is 19.9 Å². The Balaban J connectivity index is 1.59. The minimum Gasteiger partial charge on any atom is -0.351 e. The number of aromatic nitrogens is 2. The zero-order chi connectivity index (χ0) is 17.3. The van der Waals surface area contributed by atoms with Gasteiger partial charge in [0.15, 0.2) is 0 Å². The molecule has 24 heavy (non-hydrogen) atoms. The van der Waals surface area contributed by atoms with Crippen molar-refractivity contribution in [3.05, 3.63) is 50.0 Å². The molecule has 3 aromatic rings. The van der Waals surface area contributed by atoms with Gasteiger partial charge in [0.2, 0.25) is 0 Å². The van der Waals surface area contributed by atoms with Gasteiger partial charge >= 0.3 is 0 Å². The Hall–Kier alpha value is -1.27. The van der Waals surface area contributed by atoms with Crippen LogP contribution in [-0.4, -0.2) is 22.2 Å². The minimum atomic E-state index is -0.165. The zero-order valence-electron chi connectivity index (χ0n) is 12.8. The first kappa shape index (κ1) is 17.5. The predicted molar refractivity (Wildman–Crippen MR) is 101 cm³/mol. The van der Waals surface area contributed by atoms with Gasteiger partial charge in [-0.25, -0.2) is 0 Å². The molecule has 0 radical (unpaired) electrons. The van der Waals surface area contributed by atoms with Gasteiger partial charge in [-0.1, -0.05) is 53.0 Å². The van der Waals surface area contributed by atoms with E-state index in [4.69, 9.17) is 34.8 Å². The van der Waals surface area contributed by atoms with Gasteiger partial charge in [0.1, 0.15) is 15.1 Å². The number of hydrogen-bond acceptors (Lipinski definition) is 3. The molecule has 0 spiro atoms. The maximum atomic E-state index is 12.3. The highest BCUT2D eigenvalue weighted by Gasteiger charge is 2.16. The van der Waals surface area contributed by atoms with Gasteiger partial charge in [-0.15, -0.1) is 11.3 Å². The number of carbonyl (C=O) groups excluding carboxylic acids is 1. The van der Waals surface area contributed by atoms with Crippen LogP contribution in [0.3, 0.4) is 0 Å². The highest BCUT2D eigenvalue weighted by molar-refractivity contribution is 7.21. The molecule has 0 aliphatic heterocycles. The summed E-state index contributed by atoms with van der Waals surface area (Å²) in [4.78, 5) is 12.9. The third kappa shape index (κ3) is 3.40. The largest absolute Gasteiger partial charge is 0.351 e. The summed E-state index contributed by atoms with van der Waals surface area (Å²) in [6.07, 6.45) is 0.686. The SMILES string of the molecule is Cc1nn(CCCNC(=O)c2sc3ccccc3c2Cl)c(Cl)c1Cl. The second-order valence-electron chi connectivity index (χ2n) is 5.26. The summed E-state index contributed by atoms with van der Waals surface area (Å²) >= 11 is 19.8. The molecule has 0 unspecified atom stereocenters. The van der Waals surface area contributed by atoms with Crippen LogP contribution >= 0.6 is 46.1 Å². The fraction of sp³-hybridized carbons (Fsp3) is 0.250. The molecule has 0 atom stereocenters. The molecular weight excluding hydrogens is 389 g/mol. The van der Waals surface area contributed by atoms with Crippen LogP contribution in [0.1, 0.15) is 21.8 Å². The van der Waals surface area contributed by atoms with Crippen molar-refractivity contribution >= 4 is 62.1 Å². The van der Waals surface area contributed by atoms with Crippen LogP contribution in [0.2, 0.25) is 15.2 Å². The maximum absolute atomic E-state index is 12.3. The summed E-state index contributed by atoms with van der Waals surface area (Å²) in [6.45, 7) is 2.87. The van der Waals surface area contributed by atoms with E-state index in [0.717, 1.165) is 10.1 Å². The Labute approximate surface area is 158 Å². The number of amides is 1.